The lowest BCUT2D eigenvalue weighted by Gasteiger charge is -2.59. The normalized spacial score (nSPS) is 39.6. The first-order valence-electron chi connectivity index (χ1n) is 13.2. The van der Waals surface area contributed by atoms with Gasteiger partial charge in [0.15, 0.2) is 6.29 Å². The highest BCUT2D eigenvalue weighted by molar-refractivity contribution is 5.20. The predicted molar refractivity (Wildman–Crippen MR) is 136 cm³/mol. The minimum Gasteiger partial charge on any atom is -0.390 e. The molecule has 5 rings (SSSR count). The van der Waals surface area contributed by atoms with Crippen molar-refractivity contribution in [2.24, 2.45) is 28.6 Å². The molecule has 3 aliphatic rings. The maximum atomic E-state index is 11.6. The number of benzene rings is 2. The van der Waals surface area contributed by atoms with Crippen LogP contribution in [0, 0.1) is 28.6 Å². The lowest BCUT2D eigenvalue weighted by molar-refractivity contribution is -0.293. The van der Waals surface area contributed by atoms with Gasteiger partial charge >= 0.3 is 0 Å². The molecule has 0 bridgehead atoms. The van der Waals surface area contributed by atoms with Crippen LogP contribution in [-0.2, 0) is 32.2 Å². The molecular weight excluding hydrogens is 456 g/mol. The fourth-order valence-electron chi connectivity index (χ4n) is 7.57. The summed E-state index contributed by atoms with van der Waals surface area (Å²) >= 11 is 0. The van der Waals surface area contributed by atoms with E-state index in [0.29, 0.717) is 39.3 Å². The molecular formula is C30H40O6. The van der Waals surface area contributed by atoms with Crippen molar-refractivity contribution >= 4 is 0 Å². The maximum absolute atomic E-state index is 11.6. The Kier molecular flexibility index (Phi) is 7.55. The van der Waals surface area contributed by atoms with Gasteiger partial charge in [0.2, 0.25) is 0 Å². The molecule has 1 aliphatic heterocycles. The van der Waals surface area contributed by atoms with Crippen LogP contribution in [0.4, 0.5) is 0 Å². The zero-order valence-electron chi connectivity index (χ0n) is 21.6. The largest absolute Gasteiger partial charge is 0.390 e. The molecule has 9 atom stereocenters. The van der Waals surface area contributed by atoms with Crippen LogP contribution in [0.15, 0.2) is 60.7 Å². The van der Waals surface area contributed by atoms with Gasteiger partial charge in [0.25, 0.3) is 0 Å². The number of hydrogen-bond donors (Lipinski definition) is 2. The molecule has 6 nitrogen and oxygen atoms in total. The van der Waals surface area contributed by atoms with Crippen LogP contribution in [0.1, 0.15) is 37.8 Å². The summed E-state index contributed by atoms with van der Waals surface area (Å²) in [5.74, 6) is -0.236. The smallest absolute Gasteiger partial charge is 0.157 e. The van der Waals surface area contributed by atoms with Crippen LogP contribution in [0.5, 0.6) is 0 Å². The molecule has 2 N–H and O–H groups in total. The van der Waals surface area contributed by atoms with Crippen molar-refractivity contribution < 1.29 is 29.2 Å². The fourth-order valence-corrected chi connectivity index (χ4v) is 7.57. The second-order valence-electron chi connectivity index (χ2n) is 11.4. The summed E-state index contributed by atoms with van der Waals surface area (Å²) in [4.78, 5) is 0. The van der Waals surface area contributed by atoms with Crippen molar-refractivity contribution in [2.45, 2.75) is 64.5 Å². The van der Waals surface area contributed by atoms with Crippen molar-refractivity contribution in [3.63, 3.8) is 0 Å². The topological polar surface area (TPSA) is 77.4 Å². The molecule has 2 aliphatic carbocycles. The van der Waals surface area contributed by atoms with E-state index in [1.807, 2.05) is 43.3 Å². The highest BCUT2D eigenvalue weighted by Crippen LogP contribution is 2.67. The third kappa shape index (κ3) is 4.53. The average molecular weight is 497 g/mol. The molecule has 36 heavy (non-hydrogen) atoms. The third-order valence-corrected chi connectivity index (χ3v) is 9.17. The van der Waals surface area contributed by atoms with Gasteiger partial charge in [0, 0.05) is 24.9 Å². The molecule has 196 valence electrons. The van der Waals surface area contributed by atoms with Crippen molar-refractivity contribution in [2.75, 3.05) is 20.3 Å². The Morgan fingerprint density at radius 3 is 2.06 bits per heavy atom. The van der Waals surface area contributed by atoms with Crippen molar-refractivity contribution in [1.82, 2.24) is 0 Å². The van der Waals surface area contributed by atoms with E-state index in [0.717, 1.165) is 11.1 Å². The molecule has 0 radical (unpaired) electrons. The van der Waals surface area contributed by atoms with Crippen LogP contribution in [0.25, 0.3) is 0 Å². The summed E-state index contributed by atoms with van der Waals surface area (Å²) in [5.41, 5.74) is 1.40. The quantitative estimate of drug-likeness (QED) is 0.542. The van der Waals surface area contributed by atoms with Gasteiger partial charge in [0.05, 0.1) is 44.7 Å². The fraction of sp³-hybridized carbons (Fsp3) is 0.600. The summed E-state index contributed by atoms with van der Waals surface area (Å²) in [6, 6.07) is 20.3. The average Bonchev–Trinajstić information content (AvgIpc) is 3.15. The lowest BCUT2D eigenvalue weighted by atomic mass is 9.51. The molecule has 3 fully saturated rings. The number of aliphatic hydroxyl groups excluding tert-OH is 2. The first-order chi connectivity index (χ1) is 17.4. The van der Waals surface area contributed by atoms with E-state index in [-0.39, 0.29) is 30.1 Å². The molecule has 0 spiro atoms. The van der Waals surface area contributed by atoms with E-state index < -0.39 is 23.0 Å². The summed E-state index contributed by atoms with van der Waals surface area (Å²) < 4.78 is 24.9. The first kappa shape index (κ1) is 25.8. The highest BCUT2D eigenvalue weighted by Gasteiger charge is 2.72. The van der Waals surface area contributed by atoms with Gasteiger partial charge in [-0.3, -0.25) is 0 Å². The van der Waals surface area contributed by atoms with E-state index in [1.54, 1.807) is 7.11 Å². The summed E-state index contributed by atoms with van der Waals surface area (Å²) in [6.07, 6.45) is -0.796. The van der Waals surface area contributed by atoms with Gasteiger partial charge in [-0.2, -0.15) is 0 Å². The van der Waals surface area contributed by atoms with Gasteiger partial charge in [0.1, 0.15) is 0 Å². The Labute approximate surface area is 214 Å². The van der Waals surface area contributed by atoms with Crippen LogP contribution < -0.4 is 0 Å². The van der Waals surface area contributed by atoms with Crippen LogP contribution in [0.3, 0.4) is 0 Å². The van der Waals surface area contributed by atoms with Gasteiger partial charge in [-0.1, -0.05) is 74.5 Å². The molecule has 0 unspecified atom stereocenters. The Morgan fingerprint density at radius 2 is 1.47 bits per heavy atom. The summed E-state index contributed by atoms with van der Waals surface area (Å²) in [5, 5.41) is 22.8. The Bertz CT molecular complexity index is 985. The molecule has 0 amide bonds. The van der Waals surface area contributed by atoms with E-state index >= 15 is 0 Å². The maximum Gasteiger partial charge on any atom is 0.157 e. The molecule has 2 aromatic carbocycles. The molecule has 6 heteroatoms. The van der Waals surface area contributed by atoms with Crippen LogP contribution >= 0.6 is 0 Å². The predicted octanol–water partition coefficient (Wildman–Crippen LogP) is 4.18. The van der Waals surface area contributed by atoms with Crippen molar-refractivity contribution in [3.05, 3.63) is 71.8 Å². The van der Waals surface area contributed by atoms with E-state index in [4.69, 9.17) is 18.9 Å². The Hall–Kier alpha value is -1.80. The second-order valence-corrected chi connectivity index (χ2v) is 11.4. The molecule has 1 heterocycles. The van der Waals surface area contributed by atoms with Gasteiger partial charge in [-0.25, -0.2) is 0 Å². The number of hydrogen-bond acceptors (Lipinski definition) is 6. The monoisotopic (exact) mass is 496 g/mol. The zero-order valence-corrected chi connectivity index (χ0v) is 21.6. The van der Waals surface area contributed by atoms with E-state index in [9.17, 15) is 10.2 Å². The standard InChI is InChI=1S/C30H40O6/c1-20-23-14-25(33-3)36-24-15-29(2,18-34-16-21-10-6-4-7-11-21)28(27(32)26(20)31)30(23,24)19-35-17-22-12-8-5-9-13-22/h4-13,20,23-28,31-32H,14-19H2,1-3H3/t20-,23+,24-,25+,26-,27-,28-,29-,30-/m1/s1. The summed E-state index contributed by atoms with van der Waals surface area (Å²) in [7, 11) is 1.68. The second kappa shape index (κ2) is 10.5. The SMILES string of the molecule is CO[C@@H]1C[C@H]2[C@@H](C)[C@@H](O)[C@@H](O)[C@@H]3[C@@](C)(COCc4ccccc4)C[C@@H](O1)[C@]32COCc1ccccc1. The summed E-state index contributed by atoms with van der Waals surface area (Å²) in [6.45, 7) is 6.15. The Morgan fingerprint density at radius 1 is 0.889 bits per heavy atom. The minimum atomic E-state index is -0.880. The molecule has 2 saturated carbocycles. The van der Waals surface area contributed by atoms with E-state index in [1.165, 1.54) is 0 Å². The van der Waals surface area contributed by atoms with Crippen molar-refractivity contribution in [1.29, 1.82) is 0 Å². The first-order valence-corrected chi connectivity index (χ1v) is 13.2. The third-order valence-electron chi connectivity index (χ3n) is 9.17. The number of rotatable bonds is 9. The Balaban J connectivity index is 1.44. The molecule has 1 saturated heterocycles. The highest BCUT2D eigenvalue weighted by atomic mass is 16.7. The zero-order chi connectivity index (χ0) is 25.3. The lowest BCUT2D eigenvalue weighted by Crippen LogP contribution is -2.66. The molecule has 2 aromatic rings. The van der Waals surface area contributed by atoms with Gasteiger partial charge in [-0.15, -0.1) is 0 Å². The van der Waals surface area contributed by atoms with Crippen LogP contribution in [-0.4, -0.2) is 55.1 Å². The number of ether oxygens (including phenoxy) is 4. The van der Waals surface area contributed by atoms with Crippen molar-refractivity contribution in [3.8, 4) is 0 Å². The minimum absolute atomic E-state index is 0.0938. The van der Waals surface area contributed by atoms with Gasteiger partial charge in [-0.05, 0) is 34.8 Å². The van der Waals surface area contributed by atoms with Gasteiger partial charge < -0.3 is 29.2 Å². The molecule has 0 aromatic heterocycles. The number of aliphatic hydroxyl groups is 2. The number of methoxy groups -OCH3 is 1. The van der Waals surface area contributed by atoms with Crippen LogP contribution in [0.2, 0.25) is 0 Å². The van der Waals surface area contributed by atoms with E-state index in [2.05, 4.69) is 31.2 Å².